The van der Waals surface area contributed by atoms with Crippen LogP contribution >= 0.6 is 0 Å². The quantitative estimate of drug-likeness (QED) is 0.820. The summed E-state index contributed by atoms with van der Waals surface area (Å²) >= 11 is 0. The minimum absolute atomic E-state index is 0.336. The molecule has 1 aromatic heterocycles. The van der Waals surface area contributed by atoms with E-state index in [0.29, 0.717) is 17.7 Å². The molecule has 1 N–H and O–H groups in total. The average Bonchev–Trinajstić information content (AvgIpc) is 2.52. The van der Waals surface area contributed by atoms with E-state index in [0.717, 1.165) is 37.1 Å². The summed E-state index contributed by atoms with van der Waals surface area (Å²) in [5, 5.41) is 14.8. The maximum absolute atomic E-state index is 10.2. The molecular weight excluding hydrogens is 212 g/mol. The highest BCUT2D eigenvalue weighted by Gasteiger charge is 2.19. The highest BCUT2D eigenvalue weighted by atomic mass is 16.3. The second kappa shape index (κ2) is 6.08. The van der Waals surface area contributed by atoms with E-state index >= 15 is 0 Å². The van der Waals surface area contributed by atoms with E-state index in [2.05, 4.69) is 39.7 Å². The predicted octanol–water partition coefficient (Wildman–Crippen LogP) is 3.71. The Morgan fingerprint density at radius 3 is 2.35 bits per heavy atom. The van der Waals surface area contributed by atoms with Crippen LogP contribution in [0.15, 0.2) is 0 Å². The Labute approximate surface area is 105 Å². The summed E-state index contributed by atoms with van der Waals surface area (Å²) in [7, 11) is 0. The van der Waals surface area contributed by atoms with Gasteiger partial charge in [0.1, 0.15) is 0 Å². The molecule has 1 heterocycles. The fourth-order valence-electron chi connectivity index (χ4n) is 2.11. The number of unbranched alkanes of at least 4 members (excludes halogenated alkanes) is 1. The smallest absolute Gasteiger partial charge is 0.213 e. The Hall–Kier alpha value is -0.990. The standard InChI is InChI=1S/C14H26N2O/c1-6-7-8-12-13(11(4)5)14(17)16(15-12)9-10(2)3/h10-11,17H,6-9H2,1-5H3. The SMILES string of the molecule is CCCCc1nn(CC(C)C)c(O)c1C(C)C. The monoisotopic (exact) mass is 238 g/mol. The van der Waals surface area contributed by atoms with E-state index in [1.165, 1.54) is 0 Å². The molecule has 0 aliphatic rings. The zero-order valence-corrected chi connectivity index (χ0v) is 11.8. The van der Waals surface area contributed by atoms with Gasteiger partial charge in [0.15, 0.2) is 0 Å². The molecule has 0 atom stereocenters. The Morgan fingerprint density at radius 1 is 1.24 bits per heavy atom. The van der Waals surface area contributed by atoms with Gasteiger partial charge in [-0.1, -0.05) is 41.0 Å². The lowest BCUT2D eigenvalue weighted by atomic mass is 10.0. The molecule has 3 heteroatoms. The van der Waals surface area contributed by atoms with Crippen molar-refractivity contribution in [1.29, 1.82) is 0 Å². The van der Waals surface area contributed by atoms with E-state index in [-0.39, 0.29) is 0 Å². The van der Waals surface area contributed by atoms with Crippen molar-refractivity contribution in [3.63, 3.8) is 0 Å². The number of aromatic nitrogens is 2. The maximum Gasteiger partial charge on any atom is 0.213 e. The lowest BCUT2D eigenvalue weighted by Crippen LogP contribution is -2.06. The normalized spacial score (nSPS) is 11.7. The van der Waals surface area contributed by atoms with Crippen LogP contribution < -0.4 is 0 Å². The van der Waals surface area contributed by atoms with Crippen LogP contribution in [0.3, 0.4) is 0 Å². The number of aromatic hydroxyl groups is 1. The van der Waals surface area contributed by atoms with Crippen molar-refractivity contribution >= 4 is 0 Å². The first-order valence-corrected chi connectivity index (χ1v) is 6.75. The molecule has 0 saturated heterocycles. The Balaban J connectivity index is 3.01. The van der Waals surface area contributed by atoms with Crippen molar-refractivity contribution in [3.8, 4) is 5.88 Å². The van der Waals surface area contributed by atoms with Crippen LogP contribution in [0.1, 0.15) is 64.6 Å². The number of nitrogens with zero attached hydrogens (tertiary/aromatic N) is 2. The number of hydrogen-bond acceptors (Lipinski definition) is 2. The topological polar surface area (TPSA) is 38.0 Å². The summed E-state index contributed by atoms with van der Waals surface area (Å²) < 4.78 is 1.77. The van der Waals surface area contributed by atoms with Gasteiger partial charge < -0.3 is 5.11 Å². The van der Waals surface area contributed by atoms with E-state index in [4.69, 9.17) is 0 Å². The van der Waals surface area contributed by atoms with Crippen molar-refractivity contribution < 1.29 is 5.11 Å². The van der Waals surface area contributed by atoms with Crippen molar-refractivity contribution in [2.24, 2.45) is 5.92 Å². The van der Waals surface area contributed by atoms with E-state index < -0.39 is 0 Å². The van der Waals surface area contributed by atoms with Gasteiger partial charge in [-0.25, -0.2) is 4.68 Å². The summed E-state index contributed by atoms with van der Waals surface area (Å²) in [6.07, 6.45) is 3.27. The first-order valence-electron chi connectivity index (χ1n) is 6.75. The van der Waals surface area contributed by atoms with Crippen LogP contribution in [0.5, 0.6) is 5.88 Å². The Morgan fingerprint density at radius 2 is 1.88 bits per heavy atom. The molecule has 1 rings (SSSR count). The average molecular weight is 238 g/mol. The molecule has 0 fully saturated rings. The van der Waals surface area contributed by atoms with Gasteiger partial charge in [0.2, 0.25) is 5.88 Å². The first kappa shape index (κ1) is 14.1. The Kier molecular flexibility index (Phi) is 5.03. The van der Waals surface area contributed by atoms with E-state index in [1.54, 1.807) is 4.68 Å². The highest BCUT2D eigenvalue weighted by Crippen LogP contribution is 2.30. The van der Waals surface area contributed by atoms with Gasteiger partial charge in [-0.05, 0) is 24.7 Å². The summed E-state index contributed by atoms with van der Waals surface area (Å²) in [6.45, 7) is 11.5. The molecule has 0 bridgehead atoms. The molecule has 98 valence electrons. The molecule has 0 radical (unpaired) electrons. The Bertz CT molecular complexity index is 353. The molecule has 0 amide bonds. The van der Waals surface area contributed by atoms with Crippen molar-refractivity contribution in [2.75, 3.05) is 0 Å². The predicted molar refractivity (Wildman–Crippen MR) is 71.4 cm³/mol. The van der Waals surface area contributed by atoms with Gasteiger partial charge in [-0.15, -0.1) is 0 Å². The van der Waals surface area contributed by atoms with Gasteiger partial charge in [0.05, 0.1) is 5.69 Å². The summed E-state index contributed by atoms with van der Waals surface area (Å²) in [5.41, 5.74) is 2.12. The third-order valence-corrected chi connectivity index (χ3v) is 2.92. The summed E-state index contributed by atoms with van der Waals surface area (Å²) in [6, 6.07) is 0. The second-order valence-electron chi connectivity index (χ2n) is 5.52. The minimum atomic E-state index is 0.336. The van der Waals surface area contributed by atoms with Crippen molar-refractivity contribution in [1.82, 2.24) is 9.78 Å². The molecule has 0 aromatic carbocycles. The lowest BCUT2D eigenvalue weighted by Gasteiger charge is -2.07. The zero-order chi connectivity index (χ0) is 13.0. The number of aryl methyl sites for hydroxylation is 1. The van der Waals surface area contributed by atoms with Crippen LogP contribution in [-0.4, -0.2) is 14.9 Å². The molecule has 1 aromatic rings. The van der Waals surface area contributed by atoms with E-state index in [9.17, 15) is 5.11 Å². The number of rotatable bonds is 6. The highest BCUT2D eigenvalue weighted by molar-refractivity contribution is 5.33. The van der Waals surface area contributed by atoms with Crippen LogP contribution in [-0.2, 0) is 13.0 Å². The van der Waals surface area contributed by atoms with E-state index in [1.807, 2.05) is 0 Å². The third kappa shape index (κ3) is 3.48. The maximum atomic E-state index is 10.2. The largest absolute Gasteiger partial charge is 0.493 e. The summed E-state index contributed by atoms with van der Waals surface area (Å²) in [4.78, 5) is 0. The second-order valence-corrected chi connectivity index (χ2v) is 5.52. The van der Waals surface area contributed by atoms with Gasteiger partial charge in [-0.3, -0.25) is 0 Å². The molecule has 0 aliphatic heterocycles. The molecule has 0 unspecified atom stereocenters. The minimum Gasteiger partial charge on any atom is -0.493 e. The van der Waals surface area contributed by atoms with Gasteiger partial charge >= 0.3 is 0 Å². The molecule has 0 spiro atoms. The van der Waals surface area contributed by atoms with Crippen LogP contribution in [0, 0.1) is 5.92 Å². The summed E-state index contributed by atoms with van der Waals surface area (Å²) in [5.74, 6) is 1.21. The fraction of sp³-hybridized carbons (Fsp3) is 0.786. The van der Waals surface area contributed by atoms with Gasteiger partial charge in [-0.2, -0.15) is 5.10 Å². The van der Waals surface area contributed by atoms with Gasteiger partial charge in [0.25, 0.3) is 0 Å². The molecule has 0 saturated carbocycles. The zero-order valence-electron chi connectivity index (χ0n) is 11.8. The van der Waals surface area contributed by atoms with Crippen LogP contribution in [0.2, 0.25) is 0 Å². The molecular formula is C14H26N2O. The molecule has 3 nitrogen and oxygen atoms in total. The third-order valence-electron chi connectivity index (χ3n) is 2.92. The number of hydrogen-bond donors (Lipinski definition) is 1. The van der Waals surface area contributed by atoms with Gasteiger partial charge in [0, 0.05) is 12.1 Å². The van der Waals surface area contributed by atoms with Crippen LogP contribution in [0.4, 0.5) is 0 Å². The lowest BCUT2D eigenvalue weighted by molar-refractivity contribution is 0.367. The molecule has 17 heavy (non-hydrogen) atoms. The van der Waals surface area contributed by atoms with Crippen molar-refractivity contribution in [2.45, 2.75) is 66.3 Å². The van der Waals surface area contributed by atoms with Crippen molar-refractivity contribution in [3.05, 3.63) is 11.3 Å². The molecule has 0 aliphatic carbocycles. The fourth-order valence-corrected chi connectivity index (χ4v) is 2.11. The first-order chi connectivity index (χ1) is 7.97. The van der Waals surface area contributed by atoms with Crippen LogP contribution in [0.25, 0.3) is 0 Å².